The second-order valence-corrected chi connectivity index (χ2v) is 7.98. The van der Waals surface area contributed by atoms with Crippen molar-refractivity contribution in [3.8, 4) is 11.3 Å². The van der Waals surface area contributed by atoms with Crippen LogP contribution in [0.5, 0.6) is 0 Å². The number of hydrogen-bond acceptors (Lipinski definition) is 6. The second-order valence-electron chi connectivity index (χ2n) is 7.12. The van der Waals surface area contributed by atoms with Gasteiger partial charge in [-0.1, -0.05) is 0 Å². The molecule has 0 unspecified atom stereocenters. The van der Waals surface area contributed by atoms with Crippen LogP contribution >= 0.6 is 11.3 Å². The van der Waals surface area contributed by atoms with Crippen LogP contribution in [-0.2, 0) is 9.53 Å². The largest absolute Gasteiger partial charge is 0.390 e. The summed E-state index contributed by atoms with van der Waals surface area (Å²) >= 11 is 1.34. The Morgan fingerprint density at radius 1 is 1.44 bits per heavy atom. The number of aliphatic hydroxyl groups is 1. The summed E-state index contributed by atoms with van der Waals surface area (Å²) in [6, 6.07) is 6.10. The Morgan fingerprint density at radius 2 is 2.26 bits per heavy atom. The van der Waals surface area contributed by atoms with Gasteiger partial charge in [0.2, 0.25) is 5.91 Å². The predicted octanol–water partition coefficient (Wildman–Crippen LogP) is 2.50. The molecule has 2 atom stereocenters. The number of carbonyl (C=O) groups excluding carboxylic acids is 1. The molecule has 1 aromatic carbocycles. The Labute approximate surface area is 161 Å². The van der Waals surface area contributed by atoms with Gasteiger partial charge in [-0.15, -0.1) is 11.3 Å². The average Bonchev–Trinajstić information content (AvgIpc) is 3.29. The highest BCUT2D eigenvalue weighted by Gasteiger charge is 2.46. The molecular formula is C19H22FN3O3S. The van der Waals surface area contributed by atoms with Gasteiger partial charge in [0.25, 0.3) is 0 Å². The highest BCUT2D eigenvalue weighted by Crippen LogP contribution is 2.34. The van der Waals surface area contributed by atoms with E-state index in [2.05, 4.69) is 10.3 Å². The lowest BCUT2D eigenvalue weighted by molar-refractivity contribution is -0.137. The first-order valence-corrected chi connectivity index (χ1v) is 9.98. The molecule has 1 amide bonds. The Kier molecular flexibility index (Phi) is 5.23. The maximum atomic E-state index is 13.0. The number of piperidine rings is 1. The first-order valence-electron chi connectivity index (χ1n) is 9.10. The fourth-order valence-corrected chi connectivity index (χ4v) is 4.55. The van der Waals surface area contributed by atoms with E-state index in [1.54, 1.807) is 12.1 Å². The van der Waals surface area contributed by atoms with Crippen LogP contribution in [0.2, 0.25) is 0 Å². The number of benzene rings is 1. The molecule has 0 aliphatic carbocycles. The van der Waals surface area contributed by atoms with Crippen LogP contribution in [0.4, 0.5) is 9.52 Å². The molecule has 8 heteroatoms. The number of likely N-dealkylation sites (tertiary alicyclic amines) is 1. The van der Waals surface area contributed by atoms with Crippen molar-refractivity contribution in [1.29, 1.82) is 0 Å². The lowest BCUT2D eigenvalue weighted by Gasteiger charge is -2.42. The highest BCUT2D eigenvalue weighted by atomic mass is 32.1. The van der Waals surface area contributed by atoms with Gasteiger partial charge in [-0.05, 0) is 43.5 Å². The topological polar surface area (TPSA) is 74.7 Å². The highest BCUT2D eigenvalue weighted by molar-refractivity contribution is 7.14. The number of aliphatic hydroxyl groups excluding tert-OH is 1. The van der Waals surface area contributed by atoms with Crippen molar-refractivity contribution in [1.82, 2.24) is 9.88 Å². The first kappa shape index (κ1) is 18.5. The Hall–Kier alpha value is -1.87. The van der Waals surface area contributed by atoms with Gasteiger partial charge in [0, 0.05) is 30.6 Å². The predicted molar refractivity (Wildman–Crippen MR) is 101 cm³/mol. The zero-order valence-electron chi connectivity index (χ0n) is 14.9. The molecule has 2 aromatic rings. The molecule has 2 N–H and O–H groups in total. The van der Waals surface area contributed by atoms with Crippen LogP contribution in [0.25, 0.3) is 11.3 Å². The number of carbonyl (C=O) groups is 1. The van der Waals surface area contributed by atoms with Crippen molar-refractivity contribution in [3.63, 3.8) is 0 Å². The normalized spacial score (nSPS) is 25.8. The number of thiazole rings is 1. The first-order chi connectivity index (χ1) is 13.0. The second kappa shape index (κ2) is 7.63. The summed E-state index contributed by atoms with van der Waals surface area (Å²) in [4.78, 5) is 18.9. The van der Waals surface area contributed by atoms with Crippen LogP contribution in [0, 0.1) is 5.82 Å². The lowest BCUT2D eigenvalue weighted by Crippen LogP contribution is -2.57. The van der Waals surface area contributed by atoms with Crippen LogP contribution in [-0.4, -0.2) is 58.8 Å². The minimum absolute atomic E-state index is 0.139. The molecular weight excluding hydrogens is 369 g/mol. The molecule has 1 spiro atoms. The fourth-order valence-electron chi connectivity index (χ4n) is 3.82. The number of nitrogens with zero attached hydrogens (tertiary/aromatic N) is 2. The van der Waals surface area contributed by atoms with Gasteiger partial charge < -0.3 is 15.2 Å². The molecule has 4 rings (SSSR count). The summed E-state index contributed by atoms with van der Waals surface area (Å²) in [5, 5.41) is 15.5. The quantitative estimate of drug-likeness (QED) is 0.838. The maximum absolute atomic E-state index is 13.0. The molecule has 2 aliphatic heterocycles. The van der Waals surface area contributed by atoms with Crippen molar-refractivity contribution >= 4 is 22.4 Å². The summed E-state index contributed by atoms with van der Waals surface area (Å²) in [7, 11) is 0. The Bertz CT molecular complexity index is 805. The number of halogens is 1. The van der Waals surface area contributed by atoms with Gasteiger partial charge in [0.1, 0.15) is 11.4 Å². The molecule has 27 heavy (non-hydrogen) atoms. The summed E-state index contributed by atoms with van der Waals surface area (Å²) < 4.78 is 18.9. The van der Waals surface area contributed by atoms with Crippen LogP contribution in [0.15, 0.2) is 29.6 Å². The third-order valence-corrected chi connectivity index (χ3v) is 5.97. The minimum atomic E-state index is -0.518. The number of hydrogen-bond donors (Lipinski definition) is 2. The standard InChI is InChI=1S/C19H22FN3O3S/c20-14-4-2-13(3-5-14)15-11-27-18(21-15)22-17(25)10-23-8-6-16(24)19(12-23)7-1-9-26-19/h2-5,11,16,24H,1,6-10,12H2,(H,21,22,25)/t16-,19-/m0/s1. The third kappa shape index (κ3) is 4.03. The van der Waals surface area contributed by atoms with E-state index >= 15 is 0 Å². The smallest absolute Gasteiger partial charge is 0.240 e. The summed E-state index contributed by atoms with van der Waals surface area (Å²) in [5.41, 5.74) is 0.989. The van der Waals surface area contributed by atoms with E-state index in [1.165, 1.54) is 23.5 Å². The minimum Gasteiger partial charge on any atom is -0.390 e. The van der Waals surface area contributed by atoms with Crippen molar-refractivity contribution in [2.75, 3.05) is 31.6 Å². The Balaban J connectivity index is 1.35. The van der Waals surface area contributed by atoms with E-state index in [0.717, 1.165) is 18.4 Å². The van der Waals surface area contributed by atoms with Gasteiger partial charge in [0.05, 0.1) is 18.3 Å². The van der Waals surface area contributed by atoms with E-state index in [1.807, 2.05) is 10.3 Å². The van der Waals surface area contributed by atoms with Crippen molar-refractivity contribution in [2.24, 2.45) is 0 Å². The van der Waals surface area contributed by atoms with Crippen molar-refractivity contribution < 1.29 is 19.0 Å². The molecule has 144 valence electrons. The average molecular weight is 391 g/mol. The Morgan fingerprint density at radius 3 is 3.00 bits per heavy atom. The molecule has 1 aromatic heterocycles. The summed E-state index contributed by atoms with van der Waals surface area (Å²) in [5.74, 6) is -0.433. The van der Waals surface area contributed by atoms with Crippen LogP contribution < -0.4 is 5.32 Å². The maximum Gasteiger partial charge on any atom is 0.240 e. The number of amides is 1. The van der Waals surface area contributed by atoms with Gasteiger partial charge in [-0.25, -0.2) is 9.37 Å². The molecule has 3 heterocycles. The molecule has 2 fully saturated rings. The SMILES string of the molecule is O=C(CN1CC[C@H](O)[C@]2(CCCO2)C1)Nc1nc(-c2ccc(F)cc2)cs1. The number of anilines is 1. The number of aromatic nitrogens is 1. The van der Waals surface area contributed by atoms with E-state index in [4.69, 9.17) is 4.74 Å². The van der Waals surface area contributed by atoms with Gasteiger partial charge >= 0.3 is 0 Å². The van der Waals surface area contributed by atoms with Gasteiger partial charge in [0.15, 0.2) is 5.13 Å². The van der Waals surface area contributed by atoms with E-state index in [-0.39, 0.29) is 18.3 Å². The van der Waals surface area contributed by atoms with E-state index < -0.39 is 11.7 Å². The zero-order chi connectivity index (χ0) is 18.9. The summed E-state index contributed by atoms with van der Waals surface area (Å²) in [6.07, 6.45) is 1.93. The molecule has 0 saturated carbocycles. The van der Waals surface area contributed by atoms with Crippen molar-refractivity contribution in [3.05, 3.63) is 35.5 Å². The van der Waals surface area contributed by atoms with E-state index in [0.29, 0.717) is 36.9 Å². The molecule has 6 nitrogen and oxygen atoms in total. The number of ether oxygens (including phenoxy) is 1. The van der Waals surface area contributed by atoms with Gasteiger partial charge in [-0.2, -0.15) is 0 Å². The number of rotatable bonds is 4. The summed E-state index contributed by atoms with van der Waals surface area (Å²) in [6.45, 7) is 2.14. The van der Waals surface area contributed by atoms with Crippen LogP contribution in [0.1, 0.15) is 19.3 Å². The molecule has 2 aliphatic rings. The molecule has 2 saturated heterocycles. The van der Waals surface area contributed by atoms with Gasteiger partial charge in [-0.3, -0.25) is 9.69 Å². The number of nitrogens with one attached hydrogen (secondary N) is 1. The van der Waals surface area contributed by atoms with E-state index in [9.17, 15) is 14.3 Å². The molecule has 0 radical (unpaired) electrons. The monoisotopic (exact) mass is 391 g/mol. The van der Waals surface area contributed by atoms with Crippen molar-refractivity contribution in [2.45, 2.75) is 31.0 Å². The zero-order valence-corrected chi connectivity index (χ0v) is 15.7. The third-order valence-electron chi connectivity index (χ3n) is 5.21. The molecule has 0 bridgehead atoms. The fraction of sp³-hybridized carbons (Fsp3) is 0.474. The van der Waals surface area contributed by atoms with Crippen LogP contribution in [0.3, 0.4) is 0 Å². The lowest BCUT2D eigenvalue weighted by atomic mass is 9.87.